The number of carbonyl (C=O) groups is 2. The van der Waals surface area contributed by atoms with Crippen LogP contribution in [0.2, 0.25) is 0 Å². The number of carbonyl (C=O) groups excluding carboxylic acids is 2. The maximum atomic E-state index is 13.7. The monoisotopic (exact) mass is 547 g/mol. The van der Waals surface area contributed by atoms with Gasteiger partial charge in [-0.15, -0.1) is 0 Å². The van der Waals surface area contributed by atoms with Crippen LogP contribution in [0, 0.1) is 26.6 Å². The van der Waals surface area contributed by atoms with Crippen LogP contribution in [0.25, 0.3) is 33.4 Å². The van der Waals surface area contributed by atoms with E-state index in [9.17, 15) is 14.0 Å². The van der Waals surface area contributed by atoms with Crippen molar-refractivity contribution in [3.63, 3.8) is 0 Å². The number of benzene rings is 3. The van der Waals surface area contributed by atoms with Gasteiger partial charge in [0.2, 0.25) is 0 Å². The molecule has 2 aromatic heterocycles. The van der Waals surface area contributed by atoms with Gasteiger partial charge in [-0.05, 0) is 104 Å². The fourth-order valence-corrected chi connectivity index (χ4v) is 5.62. The van der Waals surface area contributed by atoms with Crippen LogP contribution in [0.3, 0.4) is 0 Å². The van der Waals surface area contributed by atoms with Crippen molar-refractivity contribution in [3.8, 4) is 22.5 Å². The van der Waals surface area contributed by atoms with E-state index in [-0.39, 0.29) is 22.9 Å². The van der Waals surface area contributed by atoms with Crippen LogP contribution in [-0.4, -0.2) is 28.7 Å². The van der Waals surface area contributed by atoms with Gasteiger partial charge in [0.15, 0.2) is 5.78 Å². The van der Waals surface area contributed by atoms with Gasteiger partial charge in [0.05, 0.1) is 5.56 Å². The van der Waals surface area contributed by atoms with E-state index in [1.54, 1.807) is 25.4 Å². The topological polar surface area (TPSA) is 85.1 Å². The van der Waals surface area contributed by atoms with Gasteiger partial charge >= 0.3 is 0 Å². The summed E-state index contributed by atoms with van der Waals surface area (Å²) in [7, 11) is 1.57. The van der Waals surface area contributed by atoms with E-state index in [0.29, 0.717) is 39.8 Å². The molecule has 1 N–H and O–H groups in total. The van der Waals surface area contributed by atoms with Gasteiger partial charge in [-0.25, -0.2) is 14.4 Å². The minimum atomic E-state index is -0.368. The number of amides is 1. The van der Waals surface area contributed by atoms with Crippen LogP contribution in [-0.2, 0) is 5.41 Å². The first-order valence-electron chi connectivity index (χ1n) is 13.7. The van der Waals surface area contributed by atoms with E-state index >= 15 is 0 Å². The second kappa shape index (κ2) is 10.1. The molecule has 1 aliphatic rings. The molecule has 2 heterocycles. The molecule has 5 aromatic rings. The first-order valence-corrected chi connectivity index (χ1v) is 13.7. The van der Waals surface area contributed by atoms with Gasteiger partial charge in [-0.2, -0.15) is 0 Å². The quantitative estimate of drug-likeness (QED) is 0.216. The van der Waals surface area contributed by atoms with Crippen LogP contribution in [0.5, 0.6) is 0 Å². The molecule has 41 heavy (non-hydrogen) atoms. The normalized spacial score (nSPS) is 13.8. The van der Waals surface area contributed by atoms with E-state index < -0.39 is 0 Å². The van der Waals surface area contributed by atoms with Crippen molar-refractivity contribution in [2.75, 3.05) is 7.05 Å². The predicted octanol–water partition coefficient (Wildman–Crippen LogP) is 7.29. The number of hydrogen-bond donors (Lipinski definition) is 1. The maximum absolute atomic E-state index is 13.7. The van der Waals surface area contributed by atoms with Crippen molar-refractivity contribution < 1.29 is 18.4 Å². The number of rotatable bonds is 7. The van der Waals surface area contributed by atoms with Crippen molar-refractivity contribution in [2.45, 2.75) is 45.4 Å². The molecule has 6 nitrogen and oxygen atoms in total. The molecule has 206 valence electrons. The highest BCUT2D eigenvalue weighted by molar-refractivity contribution is 6.12. The smallest absolute Gasteiger partial charge is 0.255 e. The summed E-state index contributed by atoms with van der Waals surface area (Å²) in [6, 6.07) is 17.4. The summed E-state index contributed by atoms with van der Waals surface area (Å²) in [5.74, 6) is 0.527. The van der Waals surface area contributed by atoms with Gasteiger partial charge in [-0.3, -0.25) is 9.59 Å². The molecule has 1 fully saturated rings. The van der Waals surface area contributed by atoms with Crippen LogP contribution >= 0.6 is 0 Å². The minimum Gasteiger partial charge on any atom is -0.455 e. The highest BCUT2D eigenvalue weighted by atomic mass is 19.1. The molecule has 0 saturated heterocycles. The number of halogens is 1. The molecule has 7 heteroatoms. The number of nitrogens with zero attached hydrogens (tertiary/aromatic N) is 2. The number of ketones is 1. The predicted molar refractivity (Wildman–Crippen MR) is 157 cm³/mol. The largest absolute Gasteiger partial charge is 0.455 e. The fourth-order valence-electron chi connectivity index (χ4n) is 5.62. The van der Waals surface area contributed by atoms with E-state index in [4.69, 9.17) is 4.42 Å². The lowest BCUT2D eigenvalue weighted by Crippen LogP contribution is -2.18. The molecule has 0 atom stereocenters. The number of fused-ring (bicyclic) bond motifs is 1. The molecular weight excluding hydrogens is 517 g/mol. The second-order valence-corrected chi connectivity index (χ2v) is 11.0. The third kappa shape index (κ3) is 4.82. The summed E-state index contributed by atoms with van der Waals surface area (Å²) < 4.78 is 19.7. The Morgan fingerprint density at radius 2 is 1.68 bits per heavy atom. The zero-order chi connectivity index (χ0) is 28.9. The summed E-state index contributed by atoms with van der Waals surface area (Å²) in [5, 5.41) is 3.34. The van der Waals surface area contributed by atoms with Crippen LogP contribution in [0.1, 0.15) is 62.6 Å². The fraction of sp³-hybridized carbons (Fsp3) is 0.235. The number of Topliss-reactive ketones (excluding diaryl/α,β-unsaturated/α-hetero) is 1. The standard InChI is InChI=1S/C34H30FN3O3/c1-19-15-20(2)26(28(39)18-34(12-13-34)33-37-14-11-21(3)38-33)17-25(19)23-7-10-29-27(16-23)30(32(40)36-4)31(41-29)22-5-8-24(35)9-6-22/h5-11,14-17H,12-13,18H2,1-4H3,(H,36,40). The molecule has 0 bridgehead atoms. The van der Waals surface area contributed by atoms with Crippen LogP contribution < -0.4 is 5.32 Å². The van der Waals surface area contributed by atoms with Gasteiger partial charge in [-0.1, -0.05) is 12.1 Å². The Morgan fingerprint density at radius 3 is 2.37 bits per heavy atom. The lowest BCUT2D eigenvalue weighted by atomic mass is 9.88. The Morgan fingerprint density at radius 1 is 0.951 bits per heavy atom. The van der Waals surface area contributed by atoms with Crippen molar-refractivity contribution in [3.05, 3.63) is 106 Å². The first-order chi connectivity index (χ1) is 19.7. The van der Waals surface area contributed by atoms with E-state index in [1.165, 1.54) is 12.1 Å². The first kappa shape index (κ1) is 26.6. The van der Waals surface area contributed by atoms with E-state index in [1.807, 2.05) is 57.2 Å². The second-order valence-electron chi connectivity index (χ2n) is 11.0. The van der Waals surface area contributed by atoms with Crippen molar-refractivity contribution in [2.24, 2.45) is 0 Å². The Bertz CT molecular complexity index is 1830. The van der Waals surface area contributed by atoms with Crippen molar-refractivity contribution >= 4 is 22.7 Å². The molecule has 3 aromatic carbocycles. The molecular formula is C34H30FN3O3. The Balaban J connectivity index is 1.41. The zero-order valence-corrected chi connectivity index (χ0v) is 23.5. The summed E-state index contributed by atoms with van der Waals surface area (Å²) in [6.07, 6.45) is 3.92. The molecule has 0 aliphatic heterocycles. The molecule has 0 unspecified atom stereocenters. The van der Waals surface area contributed by atoms with Crippen LogP contribution in [0.15, 0.2) is 71.3 Å². The number of aromatic nitrogens is 2. The average molecular weight is 548 g/mol. The third-order valence-corrected chi connectivity index (χ3v) is 8.05. The van der Waals surface area contributed by atoms with E-state index in [0.717, 1.165) is 46.6 Å². The van der Waals surface area contributed by atoms with Gasteiger partial charge in [0.1, 0.15) is 23.0 Å². The Hall–Kier alpha value is -4.65. The minimum absolute atomic E-state index is 0.0698. The molecule has 1 amide bonds. The van der Waals surface area contributed by atoms with Crippen molar-refractivity contribution in [1.29, 1.82) is 0 Å². The Kier molecular flexibility index (Phi) is 6.53. The molecule has 1 saturated carbocycles. The summed E-state index contributed by atoms with van der Waals surface area (Å²) in [4.78, 5) is 35.8. The van der Waals surface area contributed by atoms with Crippen LogP contribution in [0.4, 0.5) is 4.39 Å². The maximum Gasteiger partial charge on any atom is 0.255 e. The number of furan rings is 1. The zero-order valence-electron chi connectivity index (χ0n) is 23.5. The van der Waals surface area contributed by atoms with Gasteiger partial charge in [0, 0.05) is 47.3 Å². The van der Waals surface area contributed by atoms with Gasteiger partial charge in [0.25, 0.3) is 5.91 Å². The van der Waals surface area contributed by atoms with Crippen molar-refractivity contribution in [1.82, 2.24) is 15.3 Å². The number of hydrogen-bond acceptors (Lipinski definition) is 5. The summed E-state index contributed by atoms with van der Waals surface area (Å²) in [5.41, 5.74) is 6.52. The average Bonchev–Trinajstić information content (AvgIpc) is 3.64. The lowest BCUT2D eigenvalue weighted by molar-refractivity contribution is 0.0958. The molecule has 0 radical (unpaired) electrons. The highest BCUT2D eigenvalue weighted by Gasteiger charge is 2.48. The summed E-state index contributed by atoms with van der Waals surface area (Å²) in [6.45, 7) is 5.92. The highest BCUT2D eigenvalue weighted by Crippen LogP contribution is 2.50. The van der Waals surface area contributed by atoms with E-state index in [2.05, 4.69) is 15.3 Å². The molecule has 0 spiro atoms. The number of aryl methyl sites for hydroxylation is 3. The SMILES string of the molecule is CNC(=O)c1c(-c2ccc(F)cc2)oc2ccc(-c3cc(C(=O)CC4(c5nccc(C)n5)CC4)c(C)cc3C)cc12. The number of nitrogens with one attached hydrogen (secondary N) is 1. The molecule has 6 rings (SSSR count). The molecule has 1 aliphatic carbocycles. The van der Waals surface area contributed by atoms with Gasteiger partial charge < -0.3 is 9.73 Å². The lowest BCUT2D eigenvalue weighted by Gasteiger charge is -2.16. The summed E-state index contributed by atoms with van der Waals surface area (Å²) >= 11 is 0. The Labute approximate surface area is 237 Å². The third-order valence-electron chi connectivity index (χ3n) is 8.05.